The Bertz CT molecular complexity index is 749. The molecule has 3 rings (SSSR count). The molecule has 0 saturated carbocycles. The van der Waals surface area contributed by atoms with Crippen LogP contribution in [0.4, 0.5) is 0 Å². The van der Waals surface area contributed by atoms with Gasteiger partial charge in [0.2, 0.25) is 15.9 Å². The van der Waals surface area contributed by atoms with Crippen molar-refractivity contribution in [3.05, 3.63) is 24.3 Å². The number of ether oxygens (including phenoxy) is 1. The van der Waals surface area contributed by atoms with Gasteiger partial charge in [-0.15, -0.1) is 12.4 Å². The van der Waals surface area contributed by atoms with E-state index >= 15 is 0 Å². The molecule has 1 unspecified atom stereocenters. The number of piperidine rings is 1. The van der Waals surface area contributed by atoms with Gasteiger partial charge in [-0.25, -0.2) is 8.42 Å². The van der Waals surface area contributed by atoms with Crippen LogP contribution in [0.3, 0.4) is 0 Å². The number of halogens is 1. The van der Waals surface area contributed by atoms with Gasteiger partial charge in [-0.05, 0) is 51.0 Å². The van der Waals surface area contributed by atoms with Crippen LogP contribution < -0.4 is 10.1 Å². The van der Waals surface area contributed by atoms with Crippen molar-refractivity contribution in [2.24, 2.45) is 5.92 Å². The van der Waals surface area contributed by atoms with Crippen LogP contribution >= 0.6 is 12.4 Å². The van der Waals surface area contributed by atoms with Crippen molar-refractivity contribution in [3.63, 3.8) is 0 Å². The Hall–Kier alpha value is -1.35. The second-order valence-corrected chi connectivity index (χ2v) is 9.11. The topological polar surface area (TPSA) is 79.0 Å². The van der Waals surface area contributed by atoms with Crippen LogP contribution in [0.1, 0.15) is 26.7 Å². The number of nitrogens with zero attached hydrogens (tertiary/aromatic N) is 2. The largest absolute Gasteiger partial charge is 0.494 e. The molecule has 28 heavy (non-hydrogen) atoms. The first-order valence-corrected chi connectivity index (χ1v) is 11.1. The lowest BCUT2D eigenvalue weighted by Crippen LogP contribution is -2.55. The molecular weight excluding hydrogens is 402 g/mol. The first-order valence-electron chi connectivity index (χ1n) is 9.67. The molecule has 2 aliphatic heterocycles. The molecule has 2 saturated heterocycles. The summed E-state index contributed by atoms with van der Waals surface area (Å²) in [6.07, 6.45) is 1.15. The normalized spacial score (nSPS) is 21.8. The molecular formula is C19H30ClN3O4S. The van der Waals surface area contributed by atoms with Crippen molar-refractivity contribution in [2.75, 3.05) is 39.3 Å². The second kappa shape index (κ2) is 9.91. The fraction of sp³-hybridized carbons (Fsp3) is 0.632. The van der Waals surface area contributed by atoms with E-state index in [4.69, 9.17) is 4.74 Å². The minimum atomic E-state index is -3.54. The maximum atomic E-state index is 12.9. The number of carbonyl (C=O) groups excluding carboxylic acids is 1. The molecule has 9 heteroatoms. The van der Waals surface area contributed by atoms with Crippen molar-refractivity contribution in [3.8, 4) is 5.75 Å². The molecule has 1 aromatic rings. The third-order valence-electron chi connectivity index (χ3n) is 5.36. The number of sulfonamides is 1. The highest BCUT2D eigenvalue weighted by atomic mass is 35.5. The number of hydrogen-bond donors (Lipinski definition) is 1. The fourth-order valence-corrected chi connectivity index (χ4v) is 5.24. The summed E-state index contributed by atoms with van der Waals surface area (Å²) in [5.74, 6) is 0.741. The van der Waals surface area contributed by atoms with Crippen molar-refractivity contribution in [2.45, 2.75) is 37.6 Å². The first-order chi connectivity index (χ1) is 12.9. The smallest absolute Gasteiger partial charge is 0.243 e. The minimum Gasteiger partial charge on any atom is -0.494 e. The number of benzene rings is 1. The molecule has 1 atom stereocenters. The molecule has 2 aliphatic rings. The van der Waals surface area contributed by atoms with Crippen LogP contribution in [-0.2, 0) is 14.8 Å². The number of carbonyl (C=O) groups is 1. The first kappa shape index (κ1) is 22.9. The van der Waals surface area contributed by atoms with E-state index in [2.05, 4.69) is 12.2 Å². The highest BCUT2D eigenvalue weighted by Gasteiger charge is 2.35. The van der Waals surface area contributed by atoms with Crippen LogP contribution in [0.5, 0.6) is 5.75 Å². The van der Waals surface area contributed by atoms with Gasteiger partial charge in [0.25, 0.3) is 0 Å². The predicted molar refractivity (Wildman–Crippen MR) is 110 cm³/mol. The van der Waals surface area contributed by atoms with Gasteiger partial charge in [-0.1, -0.05) is 0 Å². The van der Waals surface area contributed by atoms with Crippen LogP contribution in [0.2, 0.25) is 0 Å². The zero-order valence-electron chi connectivity index (χ0n) is 16.5. The van der Waals surface area contributed by atoms with E-state index in [0.717, 1.165) is 19.6 Å². The molecule has 1 aromatic carbocycles. The molecule has 0 bridgehead atoms. The van der Waals surface area contributed by atoms with E-state index in [1.807, 2.05) is 11.8 Å². The second-order valence-electron chi connectivity index (χ2n) is 7.17. The molecule has 158 valence electrons. The summed E-state index contributed by atoms with van der Waals surface area (Å²) in [5, 5.41) is 3.29. The number of amides is 1. The molecule has 1 amide bonds. The van der Waals surface area contributed by atoms with Gasteiger partial charge in [0.05, 0.1) is 11.5 Å². The van der Waals surface area contributed by atoms with Crippen LogP contribution in [0, 0.1) is 5.92 Å². The van der Waals surface area contributed by atoms with Crippen molar-refractivity contribution >= 4 is 28.3 Å². The van der Waals surface area contributed by atoms with E-state index in [0.29, 0.717) is 38.3 Å². The Kier molecular flexibility index (Phi) is 8.12. The number of nitrogens with one attached hydrogen (secondary N) is 1. The average Bonchev–Trinajstić information content (AvgIpc) is 2.69. The monoisotopic (exact) mass is 431 g/mol. The van der Waals surface area contributed by atoms with Gasteiger partial charge in [0.15, 0.2) is 0 Å². The zero-order chi connectivity index (χ0) is 19.4. The summed E-state index contributed by atoms with van der Waals surface area (Å²) >= 11 is 0. The summed E-state index contributed by atoms with van der Waals surface area (Å²) in [6, 6.07) is 6.72. The molecule has 0 radical (unpaired) electrons. The highest BCUT2D eigenvalue weighted by Crippen LogP contribution is 2.26. The van der Waals surface area contributed by atoms with E-state index in [1.54, 1.807) is 24.3 Å². The van der Waals surface area contributed by atoms with Crippen molar-refractivity contribution in [1.29, 1.82) is 0 Å². The van der Waals surface area contributed by atoms with E-state index in [1.165, 1.54) is 4.31 Å². The van der Waals surface area contributed by atoms with Crippen LogP contribution in [0.25, 0.3) is 0 Å². The Labute approximate surface area is 173 Å². The van der Waals surface area contributed by atoms with E-state index in [-0.39, 0.29) is 35.2 Å². The van der Waals surface area contributed by atoms with Gasteiger partial charge in [0, 0.05) is 44.7 Å². The maximum Gasteiger partial charge on any atom is 0.243 e. The number of rotatable bonds is 5. The number of hydrogen-bond acceptors (Lipinski definition) is 5. The molecule has 0 aromatic heterocycles. The quantitative estimate of drug-likeness (QED) is 0.768. The summed E-state index contributed by atoms with van der Waals surface area (Å²) in [5.41, 5.74) is 0. The van der Waals surface area contributed by atoms with Crippen molar-refractivity contribution in [1.82, 2.24) is 14.5 Å². The average molecular weight is 432 g/mol. The molecule has 0 spiro atoms. The van der Waals surface area contributed by atoms with Gasteiger partial charge in [-0.2, -0.15) is 4.31 Å². The van der Waals surface area contributed by atoms with Crippen LogP contribution in [-0.4, -0.2) is 68.9 Å². The lowest BCUT2D eigenvalue weighted by molar-refractivity contribution is -0.139. The van der Waals surface area contributed by atoms with Crippen LogP contribution in [0.15, 0.2) is 29.2 Å². The Morgan fingerprint density at radius 1 is 1.18 bits per heavy atom. The van der Waals surface area contributed by atoms with Gasteiger partial charge in [0.1, 0.15) is 5.75 Å². The summed E-state index contributed by atoms with van der Waals surface area (Å²) in [7, 11) is -3.54. The highest BCUT2D eigenvalue weighted by molar-refractivity contribution is 7.89. The lowest BCUT2D eigenvalue weighted by Gasteiger charge is -2.38. The standard InChI is InChI=1S/C19H29N3O4S.ClH/c1-3-26-17-4-6-18(7-5-17)27(24,25)21-11-8-16(9-12-21)19(23)22-13-10-20-14-15(22)2;/h4-7,15-16,20H,3,8-14H2,1-2H3;1H. The third kappa shape index (κ3) is 4.97. The molecule has 1 N–H and O–H groups in total. The van der Waals surface area contributed by atoms with Gasteiger partial charge < -0.3 is 15.0 Å². The minimum absolute atomic E-state index is 0. The predicted octanol–water partition coefficient (Wildman–Crippen LogP) is 1.73. The fourth-order valence-electron chi connectivity index (χ4n) is 3.77. The Balaban J connectivity index is 0.00000280. The van der Waals surface area contributed by atoms with E-state index in [9.17, 15) is 13.2 Å². The zero-order valence-corrected chi connectivity index (χ0v) is 18.1. The maximum absolute atomic E-state index is 12.9. The van der Waals surface area contributed by atoms with Crippen molar-refractivity contribution < 1.29 is 17.9 Å². The Morgan fingerprint density at radius 2 is 1.82 bits per heavy atom. The van der Waals surface area contributed by atoms with Gasteiger partial charge in [-0.3, -0.25) is 4.79 Å². The molecule has 0 aliphatic carbocycles. The lowest BCUT2D eigenvalue weighted by atomic mass is 9.95. The summed E-state index contributed by atoms with van der Waals surface area (Å²) in [4.78, 5) is 15.0. The number of piperazine rings is 1. The van der Waals surface area contributed by atoms with Gasteiger partial charge >= 0.3 is 0 Å². The SMILES string of the molecule is CCOc1ccc(S(=O)(=O)N2CCC(C(=O)N3CCNCC3C)CC2)cc1.Cl. The molecule has 7 nitrogen and oxygen atoms in total. The molecule has 2 fully saturated rings. The summed E-state index contributed by atoms with van der Waals surface area (Å²) in [6.45, 7) is 7.60. The summed E-state index contributed by atoms with van der Waals surface area (Å²) < 4.78 is 32.6. The molecule has 2 heterocycles. The third-order valence-corrected chi connectivity index (χ3v) is 7.27. The van der Waals surface area contributed by atoms with E-state index < -0.39 is 10.0 Å². The Morgan fingerprint density at radius 3 is 2.39 bits per heavy atom.